The molecule has 0 saturated carbocycles. The van der Waals surface area contributed by atoms with Crippen LogP contribution in [0.2, 0.25) is 0 Å². The van der Waals surface area contributed by atoms with E-state index >= 15 is 0 Å². The number of esters is 1. The Balaban J connectivity index is 2.07. The minimum absolute atomic E-state index is 0.0360. The van der Waals surface area contributed by atoms with Gasteiger partial charge in [-0.25, -0.2) is 9.78 Å². The average Bonchev–Trinajstić information content (AvgIpc) is 2.94. The van der Waals surface area contributed by atoms with Gasteiger partial charge in [-0.1, -0.05) is 12.1 Å². The number of carbonyl (C=O) groups excluding carboxylic acids is 1. The van der Waals surface area contributed by atoms with Gasteiger partial charge in [0.05, 0.1) is 12.2 Å². The molecular weight excluding hydrogens is 299 g/mol. The normalized spacial score (nSPS) is 11.8. The zero-order chi connectivity index (χ0) is 16.2. The van der Waals surface area contributed by atoms with Gasteiger partial charge >= 0.3 is 12.1 Å². The molecule has 0 bridgehead atoms. The fourth-order valence-corrected chi connectivity index (χ4v) is 1.61. The standard InChI is InChI=1S/C15H12F3NO3/c1-2-21-14(20)12-9-22-13(19-12)8-5-10-3-6-11(7-4-10)15(16,17)18/h3-9H,2H2,1H3. The summed E-state index contributed by atoms with van der Waals surface area (Å²) in [5.74, 6) is -0.441. The average molecular weight is 311 g/mol. The summed E-state index contributed by atoms with van der Waals surface area (Å²) in [5.41, 5.74) is -0.136. The largest absolute Gasteiger partial charge is 0.461 e. The molecule has 22 heavy (non-hydrogen) atoms. The van der Waals surface area contributed by atoms with E-state index in [4.69, 9.17) is 9.15 Å². The lowest BCUT2D eigenvalue weighted by atomic mass is 10.1. The summed E-state index contributed by atoms with van der Waals surface area (Å²) in [4.78, 5) is 15.3. The van der Waals surface area contributed by atoms with Crippen LogP contribution in [0.25, 0.3) is 12.2 Å². The second-order valence-electron chi connectivity index (χ2n) is 4.24. The van der Waals surface area contributed by atoms with E-state index in [1.807, 2.05) is 0 Å². The lowest BCUT2D eigenvalue weighted by Crippen LogP contribution is -2.04. The van der Waals surface area contributed by atoms with Crippen LogP contribution in [0.3, 0.4) is 0 Å². The molecule has 2 aromatic rings. The van der Waals surface area contributed by atoms with E-state index in [2.05, 4.69) is 4.98 Å². The Morgan fingerprint density at radius 3 is 2.55 bits per heavy atom. The van der Waals surface area contributed by atoms with Crippen molar-refractivity contribution in [2.75, 3.05) is 6.61 Å². The molecule has 1 aromatic carbocycles. The van der Waals surface area contributed by atoms with E-state index < -0.39 is 17.7 Å². The molecule has 2 rings (SSSR count). The maximum absolute atomic E-state index is 12.4. The van der Waals surface area contributed by atoms with Crippen LogP contribution in [-0.2, 0) is 10.9 Å². The van der Waals surface area contributed by atoms with Gasteiger partial charge in [-0.15, -0.1) is 0 Å². The number of carbonyl (C=O) groups is 1. The van der Waals surface area contributed by atoms with E-state index in [-0.39, 0.29) is 18.2 Å². The minimum Gasteiger partial charge on any atom is -0.461 e. The number of hydrogen-bond donors (Lipinski definition) is 0. The highest BCUT2D eigenvalue weighted by atomic mass is 19.4. The highest BCUT2D eigenvalue weighted by molar-refractivity contribution is 5.87. The van der Waals surface area contributed by atoms with Crippen molar-refractivity contribution in [3.63, 3.8) is 0 Å². The first kappa shape index (κ1) is 15.8. The van der Waals surface area contributed by atoms with E-state index in [1.54, 1.807) is 6.92 Å². The van der Waals surface area contributed by atoms with Crippen molar-refractivity contribution in [2.45, 2.75) is 13.1 Å². The van der Waals surface area contributed by atoms with Crippen LogP contribution in [0.4, 0.5) is 13.2 Å². The van der Waals surface area contributed by atoms with Crippen molar-refractivity contribution >= 4 is 18.1 Å². The van der Waals surface area contributed by atoms with Crippen molar-refractivity contribution in [3.05, 3.63) is 53.2 Å². The number of oxazole rings is 1. The van der Waals surface area contributed by atoms with E-state index in [0.717, 1.165) is 18.4 Å². The SMILES string of the molecule is CCOC(=O)c1coc(C=Cc2ccc(C(F)(F)F)cc2)n1. The fourth-order valence-electron chi connectivity index (χ4n) is 1.61. The molecule has 116 valence electrons. The molecule has 0 aliphatic rings. The Kier molecular flexibility index (Phi) is 4.65. The number of benzene rings is 1. The number of aromatic nitrogens is 1. The van der Waals surface area contributed by atoms with Crippen LogP contribution >= 0.6 is 0 Å². The second-order valence-corrected chi connectivity index (χ2v) is 4.24. The van der Waals surface area contributed by atoms with Gasteiger partial charge in [0.25, 0.3) is 0 Å². The smallest absolute Gasteiger partial charge is 0.416 e. The second kappa shape index (κ2) is 6.46. The summed E-state index contributed by atoms with van der Waals surface area (Å²) in [6.45, 7) is 1.89. The number of ether oxygens (including phenoxy) is 1. The molecule has 0 saturated heterocycles. The molecule has 0 amide bonds. The predicted molar refractivity (Wildman–Crippen MR) is 72.8 cm³/mol. The van der Waals surface area contributed by atoms with E-state index in [9.17, 15) is 18.0 Å². The fraction of sp³-hybridized carbons (Fsp3) is 0.200. The van der Waals surface area contributed by atoms with Crippen molar-refractivity contribution < 1.29 is 27.1 Å². The summed E-state index contributed by atoms with van der Waals surface area (Å²) in [5, 5.41) is 0. The minimum atomic E-state index is -4.36. The molecule has 0 aliphatic carbocycles. The Morgan fingerprint density at radius 2 is 1.95 bits per heavy atom. The molecule has 1 aromatic heterocycles. The maximum Gasteiger partial charge on any atom is 0.416 e. The Labute approximate surface area is 124 Å². The highest BCUT2D eigenvalue weighted by Gasteiger charge is 2.29. The van der Waals surface area contributed by atoms with E-state index in [0.29, 0.717) is 5.56 Å². The number of rotatable bonds is 4. The quantitative estimate of drug-likeness (QED) is 0.800. The molecule has 4 nitrogen and oxygen atoms in total. The summed E-state index contributed by atoms with van der Waals surface area (Å²) in [6.07, 6.45) is -0.226. The molecule has 0 atom stereocenters. The summed E-state index contributed by atoms with van der Waals surface area (Å²) >= 11 is 0. The lowest BCUT2D eigenvalue weighted by Gasteiger charge is -2.05. The van der Waals surface area contributed by atoms with Crippen LogP contribution in [0.5, 0.6) is 0 Å². The number of halogens is 3. The van der Waals surface area contributed by atoms with Crippen LogP contribution in [-0.4, -0.2) is 17.6 Å². The topological polar surface area (TPSA) is 52.3 Å². The van der Waals surface area contributed by atoms with Crippen LogP contribution in [0.1, 0.15) is 34.4 Å². The molecule has 7 heteroatoms. The van der Waals surface area contributed by atoms with Gasteiger partial charge in [0, 0.05) is 6.08 Å². The summed E-state index contributed by atoms with van der Waals surface area (Å²) < 4.78 is 47.1. The molecule has 0 spiro atoms. The Morgan fingerprint density at radius 1 is 1.27 bits per heavy atom. The zero-order valence-corrected chi connectivity index (χ0v) is 11.6. The van der Waals surface area contributed by atoms with Gasteiger partial charge in [0.15, 0.2) is 5.69 Å². The van der Waals surface area contributed by atoms with Gasteiger partial charge in [-0.3, -0.25) is 0 Å². The first-order chi connectivity index (χ1) is 10.4. The molecule has 0 N–H and O–H groups in total. The summed E-state index contributed by atoms with van der Waals surface area (Å²) in [6, 6.07) is 4.63. The van der Waals surface area contributed by atoms with E-state index in [1.165, 1.54) is 24.3 Å². The third-order valence-electron chi connectivity index (χ3n) is 2.66. The van der Waals surface area contributed by atoms with Gasteiger partial charge in [-0.2, -0.15) is 13.2 Å². The predicted octanol–water partition coefficient (Wildman–Crippen LogP) is 4.04. The van der Waals surface area contributed by atoms with Crippen molar-refractivity contribution in [2.24, 2.45) is 0 Å². The first-order valence-corrected chi connectivity index (χ1v) is 6.38. The maximum atomic E-state index is 12.4. The van der Waals surface area contributed by atoms with Crippen LogP contribution < -0.4 is 0 Å². The Bertz CT molecular complexity index is 672. The molecular formula is C15H12F3NO3. The lowest BCUT2D eigenvalue weighted by molar-refractivity contribution is -0.137. The first-order valence-electron chi connectivity index (χ1n) is 6.38. The number of nitrogens with zero attached hydrogens (tertiary/aromatic N) is 1. The number of hydrogen-bond acceptors (Lipinski definition) is 4. The molecule has 0 radical (unpaired) electrons. The van der Waals surface area contributed by atoms with Gasteiger partial charge in [0.2, 0.25) is 5.89 Å². The zero-order valence-electron chi connectivity index (χ0n) is 11.6. The van der Waals surface area contributed by atoms with Gasteiger partial charge < -0.3 is 9.15 Å². The summed E-state index contributed by atoms with van der Waals surface area (Å²) in [7, 11) is 0. The highest BCUT2D eigenvalue weighted by Crippen LogP contribution is 2.29. The van der Waals surface area contributed by atoms with Gasteiger partial charge in [-0.05, 0) is 30.7 Å². The van der Waals surface area contributed by atoms with Crippen molar-refractivity contribution in [1.82, 2.24) is 4.98 Å². The van der Waals surface area contributed by atoms with Gasteiger partial charge in [0.1, 0.15) is 6.26 Å². The van der Waals surface area contributed by atoms with Crippen molar-refractivity contribution in [3.8, 4) is 0 Å². The molecule has 0 aliphatic heterocycles. The van der Waals surface area contributed by atoms with Crippen LogP contribution in [0.15, 0.2) is 34.9 Å². The third-order valence-corrected chi connectivity index (χ3v) is 2.66. The number of alkyl halides is 3. The molecule has 0 fully saturated rings. The molecule has 0 unspecified atom stereocenters. The van der Waals surface area contributed by atoms with Crippen molar-refractivity contribution in [1.29, 1.82) is 0 Å². The monoisotopic (exact) mass is 311 g/mol. The Hall–Kier alpha value is -2.57. The third kappa shape index (κ3) is 3.97. The molecule has 1 heterocycles. The van der Waals surface area contributed by atoms with Crippen LogP contribution in [0, 0.1) is 0 Å².